The van der Waals surface area contributed by atoms with Crippen LogP contribution in [0.1, 0.15) is 83.6 Å². The van der Waals surface area contributed by atoms with Crippen molar-refractivity contribution in [2.75, 3.05) is 6.54 Å². The maximum absolute atomic E-state index is 13.2. The van der Waals surface area contributed by atoms with Crippen LogP contribution < -0.4 is 0 Å². The second-order valence-electron chi connectivity index (χ2n) is 9.73. The first kappa shape index (κ1) is 19.9. The second kappa shape index (κ2) is 8.18. The lowest BCUT2D eigenvalue weighted by Crippen LogP contribution is -2.64. The predicted molar refractivity (Wildman–Crippen MR) is 113 cm³/mol. The van der Waals surface area contributed by atoms with Gasteiger partial charge in [-0.05, 0) is 45.1 Å². The summed E-state index contributed by atoms with van der Waals surface area (Å²) in [5.74, 6) is 0.467. The number of ether oxygens (including phenoxy) is 1. The minimum absolute atomic E-state index is 0.0475. The molecule has 0 radical (unpaired) electrons. The molecule has 4 rings (SSSR count). The quantitative estimate of drug-likeness (QED) is 0.499. The van der Waals surface area contributed by atoms with Crippen LogP contribution in [0.5, 0.6) is 0 Å². The Morgan fingerprint density at radius 1 is 1.04 bits per heavy atom. The summed E-state index contributed by atoms with van der Waals surface area (Å²) in [6.45, 7) is 8.33. The van der Waals surface area contributed by atoms with Crippen LogP contribution in [0.3, 0.4) is 0 Å². The molecule has 3 nitrogen and oxygen atoms in total. The average Bonchev–Trinajstić information content (AvgIpc) is 2.92. The van der Waals surface area contributed by atoms with E-state index >= 15 is 0 Å². The lowest BCUT2D eigenvalue weighted by atomic mass is 9.75. The maximum atomic E-state index is 13.2. The van der Waals surface area contributed by atoms with Crippen molar-refractivity contribution < 1.29 is 14.0 Å². The number of benzene rings is 1. The lowest BCUT2D eigenvalue weighted by Gasteiger charge is -2.52. The van der Waals surface area contributed by atoms with Gasteiger partial charge in [-0.25, -0.2) is 0 Å². The topological polar surface area (TPSA) is 26.3 Å². The van der Waals surface area contributed by atoms with Crippen LogP contribution in [-0.2, 0) is 9.53 Å². The second-order valence-corrected chi connectivity index (χ2v) is 9.73. The van der Waals surface area contributed by atoms with Gasteiger partial charge in [-0.2, -0.15) is 0 Å². The van der Waals surface area contributed by atoms with Crippen molar-refractivity contribution in [3.05, 3.63) is 35.9 Å². The summed E-state index contributed by atoms with van der Waals surface area (Å²) in [7, 11) is 0. The van der Waals surface area contributed by atoms with Crippen molar-refractivity contribution in [2.24, 2.45) is 5.92 Å². The maximum Gasteiger partial charge on any atom is 0.309 e. The van der Waals surface area contributed by atoms with Crippen LogP contribution in [-0.4, -0.2) is 41.2 Å². The summed E-state index contributed by atoms with van der Waals surface area (Å²) in [4.78, 5) is 13.2. The Balaban J connectivity index is 1.44. The number of esters is 1. The summed E-state index contributed by atoms with van der Waals surface area (Å²) in [5, 5.41) is 0. The van der Waals surface area contributed by atoms with Crippen LogP contribution in [0.2, 0.25) is 0 Å². The van der Waals surface area contributed by atoms with Crippen LogP contribution in [0.15, 0.2) is 30.3 Å². The molecular weight excluding hydrogens is 346 g/mol. The van der Waals surface area contributed by atoms with E-state index in [-0.39, 0.29) is 18.0 Å². The van der Waals surface area contributed by atoms with Gasteiger partial charge in [-0.3, -0.25) is 4.79 Å². The number of fused-ring (bicyclic) bond motifs is 2. The molecule has 3 fully saturated rings. The van der Waals surface area contributed by atoms with Gasteiger partial charge in [0.1, 0.15) is 6.10 Å². The zero-order valence-corrected chi connectivity index (χ0v) is 18.0. The van der Waals surface area contributed by atoms with Crippen molar-refractivity contribution >= 4 is 5.97 Å². The van der Waals surface area contributed by atoms with E-state index in [1.54, 1.807) is 0 Å². The molecule has 1 aromatic carbocycles. The van der Waals surface area contributed by atoms with E-state index < -0.39 is 0 Å². The fraction of sp³-hybridized carbons (Fsp3) is 0.720. The first-order valence-electron chi connectivity index (χ1n) is 11.7. The zero-order chi connectivity index (χ0) is 19.7. The minimum atomic E-state index is 0.0475. The van der Waals surface area contributed by atoms with Crippen LogP contribution >= 0.6 is 0 Å². The van der Waals surface area contributed by atoms with Crippen molar-refractivity contribution in [1.82, 2.24) is 0 Å². The van der Waals surface area contributed by atoms with Gasteiger partial charge in [0.2, 0.25) is 0 Å². The number of hydrogen-bond donors (Lipinski definition) is 0. The molecular formula is C25H38NO2+. The molecule has 1 aromatic rings. The van der Waals surface area contributed by atoms with Crippen molar-refractivity contribution in [3.63, 3.8) is 0 Å². The number of quaternary nitrogens is 1. The van der Waals surface area contributed by atoms with E-state index in [9.17, 15) is 4.79 Å². The van der Waals surface area contributed by atoms with E-state index in [0.717, 1.165) is 32.1 Å². The van der Waals surface area contributed by atoms with Crippen LogP contribution in [0.25, 0.3) is 0 Å². The SMILES string of the molecule is CC[N+]1(C(C)C)[C@@H]2CC[C@H]1CC(OC(=O)C1CCCCC1c1ccccc1)C2. The zero-order valence-electron chi connectivity index (χ0n) is 18.0. The number of rotatable bonds is 5. The van der Waals surface area contributed by atoms with Crippen LogP contribution in [0.4, 0.5) is 0 Å². The molecule has 0 aromatic heterocycles. The Kier molecular flexibility index (Phi) is 5.83. The summed E-state index contributed by atoms with van der Waals surface area (Å²) < 4.78 is 7.49. The number of carbonyl (C=O) groups excluding carboxylic acids is 1. The molecule has 2 saturated heterocycles. The minimum Gasteiger partial charge on any atom is -0.462 e. The van der Waals surface area contributed by atoms with Gasteiger partial charge in [0, 0.05) is 25.7 Å². The van der Waals surface area contributed by atoms with E-state index in [2.05, 4.69) is 51.1 Å². The highest BCUT2D eigenvalue weighted by molar-refractivity contribution is 5.74. The summed E-state index contributed by atoms with van der Waals surface area (Å²) >= 11 is 0. The molecule has 4 unspecified atom stereocenters. The Bertz CT molecular complexity index is 656. The van der Waals surface area contributed by atoms with Gasteiger partial charge < -0.3 is 9.22 Å². The highest BCUT2D eigenvalue weighted by Crippen LogP contribution is 2.46. The van der Waals surface area contributed by atoms with Gasteiger partial charge in [-0.1, -0.05) is 43.2 Å². The smallest absolute Gasteiger partial charge is 0.309 e. The molecule has 2 aliphatic heterocycles. The molecule has 0 spiro atoms. The molecule has 2 bridgehead atoms. The highest BCUT2D eigenvalue weighted by Gasteiger charge is 2.55. The highest BCUT2D eigenvalue weighted by atomic mass is 16.5. The Morgan fingerprint density at radius 3 is 2.29 bits per heavy atom. The normalized spacial score (nSPS) is 37.8. The Morgan fingerprint density at radius 2 is 1.68 bits per heavy atom. The average molecular weight is 385 g/mol. The number of carbonyl (C=O) groups is 1. The fourth-order valence-corrected chi connectivity index (χ4v) is 7.08. The molecule has 6 atom stereocenters. The third-order valence-electron chi connectivity index (χ3n) is 8.35. The molecule has 0 amide bonds. The summed E-state index contributed by atoms with van der Waals surface area (Å²) in [6, 6.07) is 12.7. The van der Waals surface area contributed by atoms with Crippen molar-refractivity contribution in [1.29, 1.82) is 0 Å². The molecule has 154 valence electrons. The Labute approximate surface area is 171 Å². The summed E-state index contributed by atoms with van der Waals surface area (Å²) in [5.41, 5.74) is 1.31. The van der Waals surface area contributed by atoms with Gasteiger partial charge in [0.25, 0.3) is 0 Å². The van der Waals surface area contributed by atoms with E-state index in [0.29, 0.717) is 24.0 Å². The largest absolute Gasteiger partial charge is 0.462 e. The summed E-state index contributed by atoms with van der Waals surface area (Å²) in [6.07, 6.45) is 9.36. The lowest BCUT2D eigenvalue weighted by molar-refractivity contribution is -0.983. The van der Waals surface area contributed by atoms with Gasteiger partial charge in [-0.15, -0.1) is 0 Å². The monoisotopic (exact) mass is 384 g/mol. The van der Waals surface area contributed by atoms with Crippen molar-refractivity contribution in [3.8, 4) is 0 Å². The Hall–Kier alpha value is -1.35. The number of nitrogens with zero attached hydrogens (tertiary/aromatic N) is 1. The molecule has 3 heteroatoms. The molecule has 28 heavy (non-hydrogen) atoms. The standard InChI is InChI=1S/C25H38NO2/c1-4-26(18(2)3)20-14-15-21(26)17-22(16-20)28-25(27)24-13-9-8-12-23(24)19-10-6-5-7-11-19/h5-7,10-11,18,20-24H,4,8-9,12-17H2,1-3H3/q+1/t20-,21+,22?,23?,24?,26?. The number of hydrogen-bond acceptors (Lipinski definition) is 2. The van der Waals surface area contributed by atoms with E-state index in [4.69, 9.17) is 4.74 Å². The van der Waals surface area contributed by atoms with E-state index in [1.807, 2.05) is 0 Å². The third-order valence-corrected chi connectivity index (χ3v) is 8.35. The van der Waals surface area contributed by atoms with Gasteiger partial charge >= 0.3 is 5.97 Å². The van der Waals surface area contributed by atoms with Crippen LogP contribution in [0, 0.1) is 5.92 Å². The molecule has 1 saturated carbocycles. The third kappa shape index (κ3) is 3.40. The van der Waals surface area contributed by atoms with Crippen molar-refractivity contribution in [2.45, 2.75) is 102 Å². The predicted octanol–water partition coefficient (Wildman–Crippen LogP) is 5.44. The van der Waals surface area contributed by atoms with Gasteiger partial charge in [0.15, 0.2) is 0 Å². The first-order valence-corrected chi connectivity index (χ1v) is 11.7. The number of piperidine rings is 1. The molecule has 0 N–H and O–H groups in total. The fourth-order valence-electron chi connectivity index (χ4n) is 7.08. The van der Waals surface area contributed by atoms with Gasteiger partial charge in [0.05, 0.1) is 30.6 Å². The molecule has 2 heterocycles. The van der Waals surface area contributed by atoms with E-state index in [1.165, 1.54) is 35.9 Å². The first-order chi connectivity index (χ1) is 13.6. The molecule has 1 aliphatic carbocycles. The molecule has 3 aliphatic rings.